The Morgan fingerprint density at radius 2 is 2.10 bits per heavy atom. The molecule has 1 aromatic rings. The van der Waals surface area contributed by atoms with E-state index in [0.717, 1.165) is 17.7 Å². The molecule has 2 rings (SSSR count). The average molecular weight is 279 g/mol. The fourth-order valence-corrected chi connectivity index (χ4v) is 2.35. The van der Waals surface area contributed by atoms with E-state index >= 15 is 0 Å². The Hall–Kier alpha value is -1.75. The number of amides is 1. The highest BCUT2D eigenvalue weighted by molar-refractivity contribution is 5.82. The molecule has 0 bridgehead atoms. The van der Waals surface area contributed by atoms with E-state index in [-0.39, 0.29) is 17.7 Å². The summed E-state index contributed by atoms with van der Waals surface area (Å²) < 4.78 is 10.8. The average Bonchev–Trinajstić information content (AvgIpc) is 3.26. The standard InChI is InChI=1S/C15H21NO4/c1-5-20-13-7-6-10(8-14(13)18-3)11-9-12(11)15(17)16(2)19-4/h6-8,11-12H,5,9H2,1-4H3. The summed E-state index contributed by atoms with van der Waals surface area (Å²) in [6.45, 7) is 2.53. The molecule has 2 unspecified atom stereocenters. The first-order valence-corrected chi connectivity index (χ1v) is 6.74. The van der Waals surface area contributed by atoms with Crippen molar-refractivity contribution >= 4 is 5.91 Å². The Morgan fingerprint density at radius 1 is 1.35 bits per heavy atom. The van der Waals surface area contributed by atoms with E-state index in [9.17, 15) is 4.79 Å². The lowest BCUT2D eigenvalue weighted by atomic mass is 10.1. The van der Waals surface area contributed by atoms with Crippen LogP contribution in [0, 0.1) is 5.92 Å². The molecule has 1 aliphatic carbocycles. The number of hydroxylamine groups is 2. The van der Waals surface area contributed by atoms with Gasteiger partial charge in [-0.2, -0.15) is 0 Å². The highest BCUT2D eigenvalue weighted by atomic mass is 16.7. The van der Waals surface area contributed by atoms with Gasteiger partial charge in [-0.3, -0.25) is 9.63 Å². The van der Waals surface area contributed by atoms with Gasteiger partial charge in [-0.05, 0) is 37.0 Å². The summed E-state index contributed by atoms with van der Waals surface area (Å²) in [6, 6.07) is 5.85. The maximum Gasteiger partial charge on any atom is 0.249 e. The number of methoxy groups -OCH3 is 1. The van der Waals surface area contributed by atoms with Gasteiger partial charge in [-0.25, -0.2) is 5.06 Å². The molecule has 1 saturated carbocycles. The van der Waals surface area contributed by atoms with E-state index in [0.29, 0.717) is 12.4 Å². The number of hydrogen-bond donors (Lipinski definition) is 0. The van der Waals surface area contributed by atoms with Crippen LogP contribution in [0.2, 0.25) is 0 Å². The Bertz CT molecular complexity index is 489. The number of hydrogen-bond acceptors (Lipinski definition) is 4. The molecule has 110 valence electrons. The normalized spacial score (nSPS) is 20.4. The maximum atomic E-state index is 12.0. The Balaban J connectivity index is 2.10. The molecular formula is C15H21NO4. The molecule has 5 heteroatoms. The van der Waals surface area contributed by atoms with Crippen molar-refractivity contribution in [2.75, 3.05) is 27.9 Å². The summed E-state index contributed by atoms with van der Waals surface area (Å²) in [5.41, 5.74) is 1.10. The predicted molar refractivity (Wildman–Crippen MR) is 74.8 cm³/mol. The van der Waals surface area contributed by atoms with Crippen molar-refractivity contribution in [1.82, 2.24) is 5.06 Å². The summed E-state index contributed by atoms with van der Waals surface area (Å²) in [7, 11) is 4.75. The van der Waals surface area contributed by atoms with Crippen molar-refractivity contribution in [2.45, 2.75) is 19.3 Å². The minimum Gasteiger partial charge on any atom is -0.493 e. The van der Waals surface area contributed by atoms with Crippen LogP contribution in [0.25, 0.3) is 0 Å². The topological polar surface area (TPSA) is 48.0 Å². The molecule has 1 aliphatic rings. The Kier molecular flexibility index (Phi) is 4.49. The molecule has 5 nitrogen and oxygen atoms in total. The van der Waals surface area contributed by atoms with Crippen LogP contribution in [0.15, 0.2) is 18.2 Å². The number of benzene rings is 1. The van der Waals surface area contributed by atoms with Crippen LogP contribution in [0.1, 0.15) is 24.8 Å². The molecule has 1 amide bonds. The second-order valence-corrected chi connectivity index (χ2v) is 4.81. The van der Waals surface area contributed by atoms with Gasteiger partial charge in [0.2, 0.25) is 5.91 Å². The molecule has 0 saturated heterocycles. The first-order chi connectivity index (χ1) is 9.62. The summed E-state index contributed by atoms with van der Waals surface area (Å²) >= 11 is 0. The minimum absolute atomic E-state index is 0.00241. The van der Waals surface area contributed by atoms with Crippen molar-refractivity contribution < 1.29 is 19.1 Å². The van der Waals surface area contributed by atoms with E-state index in [4.69, 9.17) is 14.3 Å². The molecule has 1 aromatic carbocycles. The fourth-order valence-electron chi connectivity index (χ4n) is 2.35. The minimum atomic E-state index is 0.00241. The molecule has 0 spiro atoms. The van der Waals surface area contributed by atoms with Crippen molar-refractivity contribution in [1.29, 1.82) is 0 Å². The lowest BCUT2D eigenvalue weighted by Crippen LogP contribution is -2.27. The monoisotopic (exact) mass is 279 g/mol. The van der Waals surface area contributed by atoms with Gasteiger partial charge in [0.1, 0.15) is 0 Å². The molecule has 20 heavy (non-hydrogen) atoms. The zero-order valence-electron chi connectivity index (χ0n) is 12.4. The molecule has 0 aromatic heterocycles. The van der Waals surface area contributed by atoms with E-state index in [1.54, 1.807) is 14.2 Å². The van der Waals surface area contributed by atoms with Crippen molar-refractivity contribution in [3.8, 4) is 11.5 Å². The van der Waals surface area contributed by atoms with Crippen LogP contribution in [0.5, 0.6) is 11.5 Å². The Labute approximate surface area is 119 Å². The molecule has 0 radical (unpaired) electrons. The predicted octanol–water partition coefficient (Wildman–Crippen LogP) is 2.22. The number of nitrogens with zero attached hydrogens (tertiary/aromatic N) is 1. The van der Waals surface area contributed by atoms with Crippen LogP contribution >= 0.6 is 0 Å². The van der Waals surface area contributed by atoms with Gasteiger partial charge in [0, 0.05) is 13.0 Å². The van der Waals surface area contributed by atoms with Gasteiger partial charge in [0.15, 0.2) is 11.5 Å². The second-order valence-electron chi connectivity index (χ2n) is 4.81. The van der Waals surface area contributed by atoms with E-state index in [1.165, 1.54) is 12.2 Å². The van der Waals surface area contributed by atoms with Crippen LogP contribution in [0.4, 0.5) is 0 Å². The maximum absolute atomic E-state index is 12.0. The van der Waals surface area contributed by atoms with Gasteiger partial charge in [0.25, 0.3) is 0 Å². The third-order valence-electron chi connectivity index (χ3n) is 3.61. The number of carbonyl (C=O) groups excluding carboxylic acids is 1. The number of ether oxygens (including phenoxy) is 2. The molecular weight excluding hydrogens is 258 g/mol. The fraction of sp³-hybridized carbons (Fsp3) is 0.533. The first-order valence-electron chi connectivity index (χ1n) is 6.74. The van der Waals surface area contributed by atoms with Crippen molar-refractivity contribution in [3.63, 3.8) is 0 Å². The lowest BCUT2D eigenvalue weighted by Gasteiger charge is -2.14. The molecule has 1 fully saturated rings. The van der Waals surface area contributed by atoms with Crippen LogP contribution in [0.3, 0.4) is 0 Å². The molecule has 0 aliphatic heterocycles. The van der Waals surface area contributed by atoms with E-state index < -0.39 is 0 Å². The quantitative estimate of drug-likeness (QED) is 0.749. The smallest absolute Gasteiger partial charge is 0.249 e. The van der Waals surface area contributed by atoms with Gasteiger partial charge < -0.3 is 9.47 Å². The third-order valence-corrected chi connectivity index (χ3v) is 3.61. The molecule has 2 atom stereocenters. The summed E-state index contributed by atoms with van der Waals surface area (Å²) in [6.07, 6.45) is 0.851. The Morgan fingerprint density at radius 3 is 2.70 bits per heavy atom. The number of carbonyl (C=O) groups is 1. The van der Waals surface area contributed by atoms with Gasteiger partial charge in [-0.15, -0.1) is 0 Å². The summed E-state index contributed by atoms with van der Waals surface area (Å²) in [5.74, 6) is 1.71. The largest absolute Gasteiger partial charge is 0.493 e. The van der Waals surface area contributed by atoms with Gasteiger partial charge >= 0.3 is 0 Å². The van der Waals surface area contributed by atoms with Crippen LogP contribution in [-0.2, 0) is 9.63 Å². The van der Waals surface area contributed by atoms with Crippen molar-refractivity contribution in [2.24, 2.45) is 5.92 Å². The first kappa shape index (κ1) is 14.7. The van der Waals surface area contributed by atoms with E-state index in [2.05, 4.69) is 0 Å². The van der Waals surface area contributed by atoms with E-state index in [1.807, 2.05) is 25.1 Å². The second kappa shape index (κ2) is 6.13. The SMILES string of the molecule is CCOc1ccc(C2CC2C(=O)N(C)OC)cc1OC. The lowest BCUT2D eigenvalue weighted by molar-refractivity contribution is -0.170. The third kappa shape index (κ3) is 2.88. The van der Waals surface area contributed by atoms with Crippen molar-refractivity contribution in [3.05, 3.63) is 23.8 Å². The molecule has 0 heterocycles. The molecule has 0 N–H and O–H groups in total. The summed E-state index contributed by atoms with van der Waals surface area (Å²) in [4.78, 5) is 16.9. The zero-order chi connectivity index (χ0) is 14.7. The number of rotatable bonds is 6. The zero-order valence-corrected chi connectivity index (χ0v) is 12.4. The summed E-state index contributed by atoms with van der Waals surface area (Å²) in [5, 5.41) is 1.29. The highest BCUT2D eigenvalue weighted by Crippen LogP contribution is 2.49. The van der Waals surface area contributed by atoms with Gasteiger partial charge in [0.05, 0.1) is 20.8 Å². The van der Waals surface area contributed by atoms with Crippen LogP contribution in [-0.4, -0.2) is 38.8 Å². The van der Waals surface area contributed by atoms with Gasteiger partial charge in [-0.1, -0.05) is 6.07 Å². The highest BCUT2D eigenvalue weighted by Gasteiger charge is 2.45. The van der Waals surface area contributed by atoms with Crippen LogP contribution < -0.4 is 9.47 Å².